The van der Waals surface area contributed by atoms with Gasteiger partial charge in [0.2, 0.25) is 5.91 Å². The summed E-state index contributed by atoms with van der Waals surface area (Å²) < 4.78 is 1.96. The van der Waals surface area contributed by atoms with E-state index in [0.717, 1.165) is 43.0 Å². The Balaban J connectivity index is 1.79. The second kappa shape index (κ2) is 6.34. The number of amides is 1. The Morgan fingerprint density at radius 3 is 2.42 bits per heavy atom. The molecule has 0 spiro atoms. The lowest BCUT2D eigenvalue weighted by Gasteiger charge is -2.35. The van der Waals surface area contributed by atoms with E-state index in [9.17, 15) is 4.79 Å². The van der Waals surface area contributed by atoms with Crippen LogP contribution in [0, 0.1) is 5.41 Å². The predicted molar refractivity (Wildman–Crippen MR) is 92.2 cm³/mol. The minimum atomic E-state index is -0.320. The lowest BCUT2D eigenvalue weighted by molar-refractivity contribution is -0.140. The minimum absolute atomic E-state index is 0.229. The smallest absolute Gasteiger partial charge is 0.227 e. The molecule has 0 atom stereocenters. The molecular weight excluding hydrogens is 302 g/mol. The molecule has 0 aliphatic carbocycles. The van der Waals surface area contributed by atoms with Crippen LogP contribution in [0.1, 0.15) is 45.2 Å². The van der Waals surface area contributed by atoms with Crippen molar-refractivity contribution in [1.82, 2.24) is 24.4 Å². The molecule has 3 heterocycles. The van der Waals surface area contributed by atoms with Crippen LogP contribution in [-0.2, 0) is 11.8 Å². The molecule has 2 aromatic rings. The number of aryl methyl sites for hydroxylation is 1. The fourth-order valence-electron chi connectivity index (χ4n) is 3.26. The fraction of sp³-hybridized carbons (Fsp3) is 0.556. The first kappa shape index (κ1) is 16.6. The average molecular weight is 327 g/mol. The summed E-state index contributed by atoms with van der Waals surface area (Å²) >= 11 is 0. The third kappa shape index (κ3) is 3.18. The van der Waals surface area contributed by atoms with Crippen LogP contribution in [0.2, 0.25) is 0 Å². The molecule has 0 aromatic carbocycles. The van der Waals surface area contributed by atoms with Gasteiger partial charge in [-0.3, -0.25) is 14.8 Å². The van der Waals surface area contributed by atoms with Gasteiger partial charge in [-0.25, -0.2) is 4.98 Å². The zero-order valence-corrected chi connectivity index (χ0v) is 14.9. The zero-order chi connectivity index (χ0) is 17.3. The molecule has 6 nitrogen and oxygen atoms in total. The van der Waals surface area contributed by atoms with Crippen LogP contribution in [0.15, 0.2) is 24.9 Å². The summed E-state index contributed by atoms with van der Waals surface area (Å²) in [5.74, 6) is 0.555. The monoisotopic (exact) mass is 327 g/mol. The van der Waals surface area contributed by atoms with Gasteiger partial charge in [0, 0.05) is 43.9 Å². The Labute approximate surface area is 142 Å². The largest absolute Gasteiger partial charge is 0.342 e. The van der Waals surface area contributed by atoms with Crippen LogP contribution in [0.25, 0.3) is 11.4 Å². The van der Waals surface area contributed by atoms with E-state index in [2.05, 4.69) is 15.0 Å². The van der Waals surface area contributed by atoms with Gasteiger partial charge in [-0.05, 0) is 12.8 Å². The molecule has 6 heteroatoms. The first-order chi connectivity index (χ1) is 11.4. The van der Waals surface area contributed by atoms with Crippen LogP contribution in [0.4, 0.5) is 0 Å². The van der Waals surface area contributed by atoms with Crippen molar-refractivity contribution in [2.24, 2.45) is 12.5 Å². The highest BCUT2D eigenvalue weighted by atomic mass is 16.2. The van der Waals surface area contributed by atoms with E-state index in [0.29, 0.717) is 5.92 Å². The molecule has 0 saturated carbocycles. The number of carbonyl (C=O) groups excluding carboxylic acids is 1. The van der Waals surface area contributed by atoms with Gasteiger partial charge in [0.1, 0.15) is 5.69 Å². The van der Waals surface area contributed by atoms with Gasteiger partial charge >= 0.3 is 0 Å². The maximum Gasteiger partial charge on any atom is 0.227 e. The number of aromatic nitrogens is 4. The Hall–Kier alpha value is -2.24. The van der Waals surface area contributed by atoms with Gasteiger partial charge < -0.3 is 9.47 Å². The number of piperidine rings is 1. The number of imidazole rings is 1. The standard InChI is InChI=1S/C18H25N5O/c1-18(2,3)17(24)23-9-5-13(6-10-23)15-16(21-8-7-20-15)14-11-19-12-22(14)4/h7-8,11-13H,5-6,9-10H2,1-4H3. The third-order valence-corrected chi connectivity index (χ3v) is 4.60. The molecule has 1 amide bonds. The van der Waals surface area contributed by atoms with Gasteiger partial charge in [-0.2, -0.15) is 0 Å². The van der Waals surface area contributed by atoms with Crippen molar-refractivity contribution < 1.29 is 4.79 Å². The lowest BCUT2D eigenvalue weighted by Crippen LogP contribution is -2.43. The summed E-state index contributed by atoms with van der Waals surface area (Å²) in [7, 11) is 1.96. The van der Waals surface area contributed by atoms with Crippen molar-refractivity contribution in [3.63, 3.8) is 0 Å². The molecule has 0 unspecified atom stereocenters. The van der Waals surface area contributed by atoms with Crippen molar-refractivity contribution in [3.05, 3.63) is 30.6 Å². The van der Waals surface area contributed by atoms with Gasteiger partial charge in [0.15, 0.2) is 0 Å². The summed E-state index contributed by atoms with van der Waals surface area (Å²) in [4.78, 5) is 27.8. The van der Waals surface area contributed by atoms with E-state index >= 15 is 0 Å². The minimum Gasteiger partial charge on any atom is -0.342 e. The van der Waals surface area contributed by atoms with Crippen molar-refractivity contribution in [3.8, 4) is 11.4 Å². The van der Waals surface area contributed by atoms with E-state index in [4.69, 9.17) is 0 Å². The fourth-order valence-corrected chi connectivity index (χ4v) is 3.26. The van der Waals surface area contributed by atoms with Gasteiger partial charge in [-0.1, -0.05) is 20.8 Å². The van der Waals surface area contributed by atoms with E-state index in [1.165, 1.54) is 0 Å². The van der Waals surface area contributed by atoms with Crippen LogP contribution in [0.3, 0.4) is 0 Å². The van der Waals surface area contributed by atoms with Crippen molar-refractivity contribution in [2.75, 3.05) is 13.1 Å². The number of hydrogen-bond acceptors (Lipinski definition) is 4. The molecule has 0 radical (unpaired) electrons. The van der Waals surface area contributed by atoms with Gasteiger partial charge in [0.05, 0.1) is 23.9 Å². The summed E-state index contributed by atoms with van der Waals surface area (Å²) in [6.07, 6.45) is 8.92. The Morgan fingerprint density at radius 2 is 1.83 bits per heavy atom. The van der Waals surface area contributed by atoms with Gasteiger partial charge in [-0.15, -0.1) is 0 Å². The van der Waals surface area contributed by atoms with Crippen LogP contribution < -0.4 is 0 Å². The molecule has 1 aliphatic rings. The highest BCUT2D eigenvalue weighted by molar-refractivity contribution is 5.81. The predicted octanol–water partition coefficient (Wildman–Crippen LogP) is 2.63. The summed E-state index contributed by atoms with van der Waals surface area (Å²) in [6.45, 7) is 7.49. The molecule has 24 heavy (non-hydrogen) atoms. The van der Waals surface area contributed by atoms with Crippen LogP contribution in [-0.4, -0.2) is 43.4 Å². The molecule has 1 aliphatic heterocycles. The molecule has 0 bridgehead atoms. The molecule has 3 rings (SSSR count). The Kier molecular flexibility index (Phi) is 4.39. The van der Waals surface area contributed by atoms with E-state index in [1.54, 1.807) is 18.7 Å². The first-order valence-electron chi connectivity index (χ1n) is 8.45. The molecular formula is C18H25N5O. The molecule has 0 N–H and O–H groups in total. The first-order valence-corrected chi connectivity index (χ1v) is 8.45. The normalized spacial score (nSPS) is 16.4. The highest BCUT2D eigenvalue weighted by Crippen LogP contribution is 2.33. The lowest BCUT2D eigenvalue weighted by atomic mass is 9.88. The number of likely N-dealkylation sites (tertiary alicyclic amines) is 1. The zero-order valence-electron chi connectivity index (χ0n) is 14.9. The van der Waals surface area contributed by atoms with Crippen LogP contribution in [0.5, 0.6) is 0 Å². The van der Waals surface area contributed by atoms with Crippen molar-refractivity contribution in [1.29, 1.82) is 0 Å². The van der Waals surface area contributed by atoms with Crippen molar-refractivity contribution >= 4 is 5.91 Å². The average Bonchev–Trinajstić information content (AvgIpc) is 2.99. The van der Waals surface area contributed by atoms with E-state index in [-0.39, 0.29) is 11.3 Å². The van der Waals surface area contributed by atoms with E-state index in [1.807, 2.05) is 43.5 Å². The quantitative estimate of drug-likeness (QED) is 0.850. The topological polar surface area (TPSA) is 63.9 Å². The highest BCUT2D eigenvalue weighted by Gasteiger charge is 2.32. The third-order valence-electron chi connectivity index (χ3n) is 4.60. The maximum absolute atomic E-state index is 12.4. The van der Waals surface area contributed by atoms with Crippen LogP contribution >= 0.6 is 0 Å². The number of carbonyl (C=O) groups is 1. The maximum atomic E-state index is 12.4. The Morgan fingerprint density at radius 1 is 1.17 bits per heavy atom. The number of rotatable bonds is 2. The summed E-state index contributed by atoms with van der Waals surface area (Å²) in [6, 6.07) is 0. The van der Waals surface area contributed by atoms with Gasteiger partial charge in [0.25, 0.3) is 0 Å². The second-order valence-electron chi connectivity index (χ2n) is 7.50. The summed E-state index contributed by atoms with van der Waals surface area (Å²) in [5, 5.41) is 0. The van der Waals surface area contributed by atoms with Crippen molar-refractivity contribution in [2.45, 2.75) is 39.5 Å². The number of hydrogen-bond donors (Lipinski definition) is 0. The number of nitrogens with zero attached hydrogens (tertiary/aromatic N) is 5. The molecule has 128 valence electrons. The second-order valence-corrected chi connectivity index (χ2v) is 7.50. The SMILES string of the molecule is Cn1cncc1-c1nccnc1C1CCN(C(=O)C(C)(C)C)CC1. The molecule has 1 fully saturated rings. The van der Waals surface area contributed by atoms with E-state index < -0.39 is 0 Å². The molecule has 2 aromatic heterocycles. The molecule has 1 saturated heterocycles. The Bertz CT molecular complexity index is 723. The summed E-state index contributed by atoms with van der Waals surface area (Å²) in [5.41, 5.74) is 2.58.